The van der Waals surface area contributed by atoms with Gasteiger partial charge < -0.3 is 9.73 Å². The Hall–Kier alpha value is -2.92. The third kappa shape index (κ3) is 5.05. The number of anilines is 1. The maximum atomic E-state index is 12.6. The molecule has 0 bridgehead atoms. The molecule has 1 aromatic heterocycles. The van der Waals surface area contributed by atoms with Gasteiger partial charge >= 0.3 is 0 Å². The molecule has 3 aromatic rings. The molecule has 1 aliphatic rings. The first-order chi connectivity index (χ1) is 14.9. The van der Waals surface area contributed by atoms with Crippen LogP contribution >= 0.6 is 0 Å². The van der Waals surface area contributed by atoms with Crippen LogP contribution in [0.1, 0.15) is 41.0 Å². The molecule has 0 saturated carbocycles. The molecular weight excluding hydrogens is 386 g/mol. The van der Waals surface area contributed by atoms with Crippen molar-refractivity contribution in [2.75, 3.05) is 18.4 Å². The Labute approximate surface area is 184 Å². The quantitative estimate of drug-likeness (QED) is 0.602. The molecule has 2 aromatic carbocycles. The number of amides is 1. The van der Waals surface area contributed by atoms with Gasteiger partial charge in [-0.1, -0.05) is 35.4 Å². The minimum absolute atomic E-state index is 0.0569. The van der Waals surface area contributed by atoms with E-state index in [1.165, 1.54) is 16.7 Å². The Kier molecular flexibility index (Phi) is 6.23. The molecule has 2 heterocycles. The summed E-state index contributed by atoms with van der Waals surface area (Å²) in [6.45, 7) is 10.7. The molecule has 1 amide bonds. The molecule has 1 saturated heterocycles. The van der Waals surface area contributed by atoms with Crippen LogP contribution in [0.25, 0.3) is 11.5 Å². The second kappa shape index (κ2) is 9.06. The Bertz CT molecular complexity index is 1060. The van der Waals surface area contributed by atoms with E-state index in [4.69, 9.17) is 9.40 Å². The SMILES string of the molecule is Cc1ccc(NC(=O)C2CCN(Cc3nc(-c4cc(C)ccc4C)oc3C)CC2)cc1. The predicted octanol–water partition coefficient (Wildman–Crippen LogP) is 5.43. The van der Waals surface area contributed by atoms with Crippen LogP contribution in [-0.2, 0) is 11.3 Å². The van der Waals surface area contributed by atoms with Gasteiger partial charge in [-0.05, 0) is 77.4 Å². The van der Waals surface area contributed by atoms with Crippen LogP contribution in [0.5, 0.6) is 0 Å². The fourth-order valence-corrected chi connectivity index (χ4v) is 4.10. The highest BCUT2D eigenvalue weighted by Crippen LogP contribution is 2.27. The van der Waals surface area contributed by atoms with Gasteiger partial charge in [-0.2, -0.15) is 0 Å². The maximum Gasteiger partial charge on any atom is 0.227 e. The van der Waals surface area contributed by atoms with Gasteiger partial charge in [0.05, 0.1) is 5.69 Å². The van der Waals surface area contributed by atoms with Gasteiger partial charge in [-0.25, -0.2) is 4.98 Å². The van der Waals surface area contributed by atoms with Crippen LogP contribution in [0.4, 0.5) is 5.69 Å². The molecule has 0 radical (unpaired) electrons. The number of aryl methyl sites for hydroxylation is 4. The number of carbonyl (C=O) groups is 1. The number of hydrogen-bond acceptors (Lipinski definition) is 4. The minimum Gasteiger partial charge on any atom is -0.441 e. The number of nitrogens with zero attached hydrogens (tertiary/aromatic N) is 2. The lowest BCUT2D eigenvalue weighted by Gasteiger charge is -2.30. The summed E-state index contributed by atoms with van der Waals surface area (Å²) < 4.78 is 6.01. The van der Waals surface area contributed by atoms with Crippen molar-refractivity contribution >= 4 is 11.6 Å². The second-order valence-electron chi connectivity index (χ2n) is 8.75. The number of oxazole rings is 1. The van der Waals surface area contributed by atoms with Crippen molar-refractivity contribution in [3.8, 4) is 11.5 Å². The molecular formula is C26H31N3O2. The van der Waals surface area contributed by atoms with Crippen molar-refractivity contribution in [1.29, 1.82) is 0 Å². The highest BCUT2D eigenvalue weighted by atomic mass is 16.4. The second-order valence-corrected chi connectivity index (χ2v) is 8.75. The average molecular weight is 418 g/mol. The summed E-state index contributed by atoms with van der Waals surface area (Å²) in [6, 6.07) is 14.3. The molecule has 1 N–H and O–H groups in total. The van der Waals surface area contributed by atoms with Crippen LogP contribution in [0.2, 0.25) is 0 Å². The molecule has 0 spiro atoms. The number of benzene rings is 2. The molecule has 31 heavy (non-hydrogen) atoms. The van der Waals surface area contributed by atoms with Crippen molar-refractivity contribution in [3.05, 3.63) is 70.6 Å². The third-order valence-corrected chi connectivity index (χ3v) is 6.17. The molecule has 5 heteroatoms. The zero-order chi connectivity index (χ0) is 22.0. The number of rotatable bonds is 5. The van der Waals surface area contributed by atoms with Crippen LogP contribution in [0, 0.1) is 33.6 Å². The van der Waals surface area contributed by atoms with Crippen molar-refractivity contribution in [2.45, 2.75) is 47.1 Å². The summed E-state index contributed by atoms with van der Waals surface area (Å²) in [5.41, 5.74) is 6.47. The van der Waals surface area contributed by atoms with Gasteiger partial charge in [-0.3, -0.25) is 9.69 Å². The molecule has 1 aliphatic heterocycles. The predicted molar refractivity (Wildman–Crippen MR) is 124 cm³/mol. The summed E-state index contributed by atoms with van der Waals surface area (Å²) >= 11 is 0. The zero-order valence-corrected chi connectivity index (χ0v) is 18.9. The van der Waals surface area contributed by atoms with Crippen molar-refractivity contribution in [1.82, 2.24) is 9.88 Å². The number of hydrogen-bond donors (Lipinski definition) is 1. The molecule has 0 atom stereocenters. The van der Waals surface area contributed by atoms with Crippen LogP contribution in [0.3, 0.4) is 0 Å². The van der Waals surface area contributed by atoms with Crippen LogP contribution < -0.4 is 5.32 Å². The lowest BCUT2D eigenvalue weighted by Crippen LogP contribution is -2.37. The van der Waals surface area contributed by atoms with E-state index in [2.05, 4.69) is 42.3 Å². The van der Waals surface area contributed by atoms with Gasteiger partial charge in [0.1, 0.15) is 5.76 Å². The first-order valence-electron chi connectivity index (χ1n) is 11.0. The van der Waals surface area contributed by atoms with E-state index >= 15 is 0 Å². The van der Waals surface area contributed by atoms with Crippen molar-refractivity contribution in [2.24, 2.45) is 5.92 Å². The van der Waals surface area contributed by atoms with E-state index in [0.29, 0.717) is 5.89 Å². The Balaban J connectivity index is 1.35. The molecule has 5 nitrogen and oxygen atoms in total. The van der Waals surface area contributed by atoms with Gasteiger partial charge in [0.25, 0.3) is 0 Å². The fourth-order valence-electron chi connectivity index (χ4n) is 4.10. The first-order valence-corrected chi connectivity index (χ1v) is 11.0. The normalized spacial score (nSPS) is 15.2. The third-order valence-electron chi connectivity index (χ3n) is 6.17. The molecule has 0 unspecified atom stereocenters. The molecule has 0 aliphatic carbocycles. The van der Waals surface area contributed by atoms with Crippen LogP contribution in [-0.4, -0.2) is 28.9 Å². The smallest absolute Gasteiger partial charge is 0.227 e. The summed E-state index contributed by atoms with van der Waals surface area (Å²) in [4.78, 5) is 19.8. The maximum absolute atomic E-state index is 12.6. The van der Waals surface area contributed by atoms with E-state index in [1.54, 1.807) is 0 Å². The van der Waals surface area contributed by atoms with Gasteiger partial charge in [0.15, 0.2) is 0 Å². The zero-order valence-electron chi connectivity index (χ0n) is 18.9. The lowest BCUT2D eigenvalue weighted by molar-refractivity contribution is -0.121. The molecule has 4 rings (SSSR count). The van der Waals surface area contributed by atoms with E-state index in [-0.39, 0.29) is 11.8 Å². The van der Waals surface area contributed by atoms with Crippen LogP contribution in [0.15, 0.2) is 46.9 Å². The number of carbonyl (C=O) groups excluding carboxylic acids is 1. The van der Waals surface area contributed by atoms with E-state index in [1.807, 2.05) is 38.1 Å². The topological polar surface area (TPSA) is 58.4 Å². The van der Waals surface area contributed by atoms with Crippen molar-refractivity contribution in [3.63, 3.8) is 0 Å². The summed E-state index contributed by atoms with van der Waals surface area (Å²) in [5.74, 6) is 1.75. The Morgan fingerprint density at radius 2 is 1.71 bits per heavy atom. The summed E-state index contributed by atoms with van der Waals surface area (Å²) in [6.07, 6.45) is 1.72. The van der Waals surface area contributed by atoms with Gasteiger partial charge in [0.2, 0.25) is 11.8 Å². The number of piperidine rings is 1. The monoisotopic (exact) mass is 417 g/mol. The number of aromatic nitrogens is 1. The van der Waals surface area contributed by atoms with E-state index in [9.17, 15) is 4.79 Å². The average Bonchev–Trinajstić information content (AvgIpc) is 3.12. The fraction of sp³-hybridized carbons (Fsp3) is 0.385. The number of nitrogens with one attached hydrogen (secondary N) is 1. The standard InChI is InChI=1S/C26H31N3O2/c1-17-6-9-22(10-7-17)27-25(30)21-11-13-29(14-12-21)16-24-20(4)31-26(28-24)23-15-18(2)5-8-19(23)3/h5-10,15,21H,11-14,16H2,1-4H3,(H,27,30). The first kappa shape index (κ1) is 21.3. The lowest BCUT2D eigenvalue weighted by atomic mass is 9.95. The molecule has 1 fully saturated rings. The van der Waals surface area contributed by atoms with Gasteiger partial charge in [-0.15, -0.1) is 0 Å². The minimum atomic E-state index is 0.0569. The van der Waals surface area contributed by atoms with E-state index < -0.39 is 0 Å². The van der Waals surface area contributed by atoms with E-state index in [0.717, 1.165) is 55.2 Å². The number of likely N-dealkylation sites (tertiary alicyclic amines) is 1. The largest absolute Gasteiger partial charge is 0.441 e. The highest BCUT2D eigenvalue weighted by Gasteiger charge is 2.26. The van der Waals surface area contributed by atoms with Gasteiger partial charge in [0, 0.05) is 23.7 Å². The van der Waals surface area contributed by atoms with Crippen molar-refractivity contribution < 1.29 is 9.21 Å². The highest BCUT2D eigenvalue weighted by molar-refractivity contribution is 5.92. The Morgan fingerprint density at radius 1 is 1.03 bits per heavy atom. The Morgan fingerprint density at radius 3 is 2.42 bits per heavy atom. The summed E-state index contributed by atoms with van der Waals surface area (Å²) in [7, 11) is 0. The summed E-state index contributed by atoms with van der Waals surface area (Å²) in [5, 5.41) is 3.06. The molecule has 162 valence electrons.